The molecule has 0 saturated carbocycles. The van der Waals surface area contributed by atoms with Crippen LogP contribution in [-0.2, 0) is 0 Å². The summed E-state index contributed by atoms with van der Waals surface area (Å²) in [7, 11) is 1.48. The van der Waals surface area contributed by atoms with Gasteiger partial charge in [-0.3, -0.25) is 4.79 Å². The molecule has 0 aliphatic rings. The number of fused-ring (bicyclic) bond motifs is 1. The molecule has 100 valence electrons. The van der Waals surface area contributed by atoms with Gasteiger partial charge in [0.25, 0.3) is 5.24 Å². The molecular weight excluding hydrogens is 278 g/mol. The van der Waals surface area contributed by atoms with Crippen molar-refractivity contribution < 1.29 is 9.53 Å². The monoisotopic (exact) mass is 287 g/mol. The number of pyridine rings is 1. The summed E-state index contributed by atoms with van der Waals surface area (Å²) in [5.74, 6) is 0.386. The van der Waals surface area contributed by atoms with Crippen LogP contribution in [0.5, 0.6) is 5.75 Å². The van der Waals surface area contributed by atoms with Gasteiger partial charge in [-0.25, -0.2) is 9.67 Å². The van der Waals surface area contributed by atoms with Crippen molar-refractivity contribution in [3.05, 3.63) is 48.3 Å². The fraction of sp³-hybridized carbons (Fsp3) is 0.0714. The largest absolute Gasteiger partial charge is 0.495 e. The van der Waals surface area contributed by atoms with Crippen LogP contribution in [-0.4, -0.2) is 27.1 Å². The minimum Gasteiger partial charge on any atom is -0.495 e. The second kappa shape index (κ2) is 4.94. The van der Waals surface area contributed by atoms with Crippen molar-refractivity contribution in [2.45, 2.75) is 0 Å². The minimum atomic E-state index is -0.608. The molecule has 20 heavy (non-hydrogen) atoms. The molecule has 2 aromatic heterocycles. The first kappa shape index (κ1) is 12.6. The van der Waals surface area contributed by atoms with Gasteiger partial charge in [-0.15, -0.1) is 0 Å². The Labute approximate surface area is 119 Å². The van der Waals surface area contributed by atoms with E-state index in [1.165, 1.54) is 13.3 Å². The number of aromatic nitrogens is 3. The van der Waals surface area contributed by atoms with Gasteiger partial charge in [0.15, 0.2) is 5.65 Å². The third-order valence-electron chi connectivity index (χ3n) is 2.97. The number of rotatable bonds is 3. The van der Waals surface area contributed by atoms with E-state index in [4.69, 9.17) is 16.3 Å². The molecule has 0 radical (unpaired) electrons. The Morgan fingerprint density at radius 1 is 1.25 bits per heavy atom. The van der Waals surface area contributed by atoms with Gasteiger partial charge in [-0.1, -0.05) is 18.2 Å². The molecule has 1 aromatic carbocycles. The first-order chi connectivity index (χ1) is 9.72. The van der Waals surface area contributed by atoms with Crippen LogP contribution in [0, 0.1) is 0 Å². The maximum absolute atomic E-state index is 11.4. The van der Waals surface area contributed by atoms with E-state index in [2.05, 4.69) is 10.1 Å². The molecule has 0 saturated heterocycles. The number of carbonyl (C=O) groups is 1. The number of halogens is 1. The molecule has 0 fully saturated rings. The van der Waals surface area contributed by atoms with Crippen LogP contribution in [0.3, 0.4) is 0 Å². The average Bonchev–Trinajstić information content (AvgIpc) is 2.90. The van der Waals surface area contributed by atoms with Gasteiger partial charge in [0.1, 0.15) is 5.75 Å². The lowest BCUT2D eigenvalue weighted by atomic mass is 10.2. The lowest BCUT2D eigenvalue weighted by Crippen LogP contribution is -2.00. The van der Waals surface area contributed by atoms with Gasteiger partial charge < -0.3 is 4.74 Å². The molecule has 5 nitrogen and oxygen atoms in total. The second-order valence-corrected chi connectivity index (χ2v) is 4.45. The number of ether oxygens (including phenoxy) is 1. The average molecular weight is 288 g/mol. The van der Waals surface area contributed by atoms with Gasteiger partial charge in [-0.05, 0) is 23.7 Å². The molecule has 0 aliphatic heterocycles. The smallest absolute Gasteiger partial charge is 0.257 e. The number of para-hydroxylation sites is 1. The van der Waals surface area contributed by atoms with Gasteiger partial charge in [0.05, 0.1) is 29.9 Å². The predicted molar refractivity (Wildman–Crippen MR) is 75.6 cm³/mol. The maximum atomic E-state index is 11.4. The van der Waals surface area contributed by atoms with Gasteiger partial charge in [-0.2, -0.15) is 5.10 Å². The first-order valence-electron chi connectivity index (χ1n) is 5.88. The Bertz CT molecular complexity index is 784. The van der Waals surface area contributed by atoms with Crippen molar-refractivity contribution in [3.8, 4) is 11.4 Å². The van der Waals surface area contributed by atoms with Crippen LogP contribution >= 0.6 is 11.6 Å². The Balaban J connectivity index is 2.27. The van der Waals surface area contributed by atoms with Gasteiger partial charge in [0, 0.05) is 6.20 Å². The van der Waals surface area contributed by atoms with E-state index in [1.807, 2.05) is 30.3 Å². The lowest BCUT2D eigenvalue weighted by Gasteiger charge is -2.06. The first-order valence-corrected chi connectivity index (χ1v) is 6.26. The molecule has 6 heteroatoms. The van der Waals surface area contributed by atoms with E-state index in [0.29, 0.717) is 16.8 Å². The quantitative estimate of drug-likeness (QED) is 0.695. The van der Waals surface area contributed by atoms with E-state index in [0.717, 1.165) is 5.69 Å². The molecular formula is C14H10ClN3O2. The Morgan fingerprint density at radius 2 is 2.00 bits per heavy atom. The number of hydrogen-bond acceptors (Lipinski definition) is 4. The molecule has 0 spiro atoms. The van der Waals surface area contributed by atoms with Crippen molar-refractivity contribution in [1.29, 1.82) is 0 Å². The highest BCUT2D eigenvalue weighted by atomic mass is 35.5. The molecule has 3 aromatic rings. The summed E-state index contributed by atoms with van der Waals surface area (Å²) in [5, 5.41) is 4.33. The van der Waals surface area contributed by atoms with Crippen molar-refractivity contribution >= 4 is 27.9 Å². The molecule has 3 rings (SSSR count). The Kier molecular flexibility index (Phi) is 3.12. The number of carbonyl (C=O) groups excluding carboxylic acids is 1. The molecule has 0 N–H and O–H groups in total. The van der Waals surface area contributed by atoms with E-state index in [9.17, 15) is 4.79 Å². The highest BCUT2D eigenvalue weighted by molar-refractivity contribution is 6.68. The van der Waals surface area contributed by atoms with Crippen molar-refractivity contribution in [2.75, 3.05) is 7.11 Å². The Hall–Kier alpha value is -2.40. The molecule has 0 amide bonds. The van der Waals surface area contributed by atoms with E-state index in [1.54, 1.807) is 10.9 Å². The molecule has 2 heterocycles. The van der Waals surface area contributed by atoms with Gasteiger partial charge >= 0.3 is 0 Å². The highest BCUT2D eigenvalue weighted by Crippen LogP contribution is 2.30. The standard InChI is InChI=1S/C14H10ClN3O2/c1-20-12-10(13(15)19)7-16-14-11(12)8-17-18(14)9-5-3-2-4-6-9/h2-8H,1H3. The summed E-state index contributed by atoms with van der Waals surface area (Å²) < 4.78 is 6.95. The van der Waals surface area contributed by atoms with Crippen molar-refractivity contribution in [3.63, 3.8) is 0 Å². The minimum absolute atomic E-state index is 0.231. The third-order valence-corrected chi connectivity index (χ3v) is 3.17. The molecule has 0 atom stereocenters. The zero-order valence-corrected chi connectivity index (χ0v) is 11.3. The van der Waals surface area contributed by atoms with E-state index in [-0.39, 0.29) is 5.56 Å². The third kappa shape index (κ3) is 1.92. The molecule has 0 aliphatic carbocycles. The maximum Gasteiger partial charge on any atom is 0.257 e. The summed E-state index contributed by atoms with van der Waals surface area (Å²) in [5.41, 5.74) is 1.71. The fourth-order valence-electron chi connectivity index (χ4n) is 2.07. The van der Waals surface area contributed by atoms with Crippen LogP contribution in [0.4, 0.5) is 0 Å². The lowest BCUT2D eigenvalue weighted by molar-refractivity contribution is 0.107. The van der Waals surface area contributed by atoms with Crippen LogP contribution < -0.4 is 4.74 Å². The van der Waals surface area contributed by atoms with Crippen LogP contribution in [0.15, 0.2) is 42.7 Å². The number of hydrogen-bond donors (Lipinski definition) is 0. The Morgan fingerprint density at radius 3 is 2.65 bits per heavy atom. The summed E-state index contributed by atoms with van der Waals surface area (Å²) in [6, 6.07) is 9.59. The summed E-state index contributed by atoms with van der Waals surface area (Å²) in [4.78, 5) is 15.6. The topological polar surface area (TPSA) is 57.0 Å². The number of methoxy groups -OCH3 is 1. The SMILES string of the molecule is COc1c(C(=O)Cl)cnc2c1cnn2-c1ccccc1. The summed E-state index contributed by atoms with van der Waals surface area (Å²) in [6.07, 6.45) is 3.01. The zero-order chi connectivity index (χ0) is 14.1. The van der Waals surface area contributed by atoms with Gasteiger partial charge in [0.2, 0.25) is 0 Å². The van der Waals surface area contributed by atoms with E-state index >= 15 is 0 Å². The molecule has 0 bridgehead atoms. The normalized spacial score (nSPS) is 10.7. The zero-order valence-electron chi connectivity index (χ0n) is 10.6. The highest BCUT2D eigenvalue weighted by Gasteiger charge is 2.17. The van der Waals surface area contributed by atoms with Crippen LogP contribution in [0.1, 0.15) is 10.4 Å². The van der Waals surface area contributed by atoms with Crippen LogP contribution in [0.2, 0.25) is 0 Å². The fourth-order valence-corrected chi connectivity index (χ4v) is 2.21. The predicted octanol–water partition coefficient (Wildman–Crippen LogP) is 2.81. The second-order valence-electron chi connectivity index (χ2n) is 4.11. The van der Waals surface area contributed by atoms with Crippen LogP contribution in [0.25, 0.3) is 16.7 Å². The van der Waals surface area contributed by atoms with Crippen molar-refractivity contribution in [2.24, 2.45) is 0 Å². The summed E-state index contributed by atoms with van der Waals surface area (Å²) >= 11 is 5.53. The summed E-state index contributed by atoms with van der Waals surface area (Å²) in [6.45, 7) is 0. The number of benzene rings is 1. The number of nitrogens with zero attached hydrogens (tertiary/aromatic N) is 3. The molecule has 0 unspecified atom stereocenters. The van der Waals surface area contributed by atoms with Crippen molar-refractivity contribution in [1.82, 2.24) is 14.8 Å². The van der Waals surface area contributed by atoms with E-state index < -0.39 is 5.24 Å².